The minimum Gasteiger partial charge on any atom is -0.481 e. The Morgan fingerprint density at radius 3 is 1.63 bits per heavy atom. The van der Waals surface area contributed by atoms with Gasteiger partial charge in [0.05, 0.1) is 5.92 Å². The standard InChI is InChI=1S/C16H29NO2/c18-16(19)15-13-9-7-5-3-1-2-4-6-8-10-14(15)12-17-11-13/h13-15,17H,1-12H2,(H,18,19)/t13-,14+,15+. The second-order valence-electron chi connectivity index (χ2n) is 6.45. The van der Waals surface area contributed by atoms with Gasteiger partial charge in [0.1, 0.15) is 0 Å². The van der Waals surface area contributed by atoms with Crippen LogP contribution in [0.2, 0.25) is 0 Å². The molecule has 0 aromatic rings. The highest BCUT2D eigenvalue weighted by atomic mass is 16.4. The topological polar surface area (TPSA) is 49.3 Å². The maximum Gasteiger partial charge on any atom is 0.307 e. The third-order valence-electron chi connectivity index (χ3n) is 5.01. The third kappa shape index (κ3) is 4.48. The zero-order valence-electron chi connectivity index (χ0n) is 12.1. The van der Waals surface area contributed by atoms with Gasteiger partial charge in [-0.2, -0.15) is 0 Å². The van der Waals surface area contributed by atoms with E-state index in [4.69, 9.17) is 0 Å². The number of carboxylic acid groups (broad SMARTS) is 1. The van der Waals surface area contributed by atoms with Gasteiger partial charge in [0.25, 0.3) is 0 Å². The second kappa shape index (κ2) is 7.88. The molecule has 0 aromatic heterocycles. The summed E-state index contributed by atoms with van der Waals surface area (Å²) in [5, 5.41) is 13.1. The molecule has 110 valence electrons. The molecule has 2 bridgehead atoms. The van der Waals surface area contributed by atoms with E-state index >= 15 is 0 Å². The molecule has 1 saturated heterocycles. The lowest BCUT2D eigenvalue weighted by Gasteiger charge is -2.36. The largest absolute Gasteiger partial charge is 0.481 e. The number of piperidine rings is 1. The lowest BCUT2D eigenvalue weighted by Crippen LogP contribution is -2.46. The highest BCUT2D eigenvalue weighted by molar-refractivity contribution is 5.71. The van der Waals surface area contributed by atoms with Crippen LogP contribution in [0.3, 0.4) is 0 Å². The molecule has 0 spiro atoms. The summed E-state index contributed by atoms with van der Waals surface area (Å²) < 4.78 is 0. The number of hydrogen-bond donors (Lipinski definition) is 2. The zero-order valence-corrected chi connectivity index (χ0v) is 12.1. The Balaban J connectivity index is 1.99. The predicted molar refractivity (Wildman–Crippen MR) is 77.1 cm³/mol. The molecular weight excluding hydrogens is 238 g/mol. The van der Waals surface area contributed by atoms with Crippen molar-refractivity contribution in [2.24, 2.45) is 17.8 Å². The van der Waals surface area contributed by atoms with Gasteiger partial charge in [-0.05, 0) is 37.8 Å². The lowest BCUT2D eigenvalue weighted by atomic mass is 9.74. The van der Waals surface area contributed by atoms with Gasteiger partial charge in [-0.3, -0.25) is 4.79 Å². The van der Waals surface area contributed by atoms with E-state index in [1.807, 2.05) is 0 Å². The molecule has 2 fully saturated rings. The minimum atomic E-state index is -0.550. The van der Waals surface area contributed by atoms with Crippen LogP contribution in [-0.2, 0) is 4.79 Å². The molecule has 0 aromatic carbocycles. The van der Waals surface area contributed by atoms with Gasteiger partial charge < -0.3 is 10.4 Å². The van der Waals surface area contributed by atoms with Crippen molar-refractivity contribution in [3.05, 3.63) is 0 Å². The van der Waals surface area contributed by atoms with Crippen LogP contribution < -0.4 is 5.32 Å². The number of nitrogens with one attached hydrogen (secondary N) is 1. The summed E-state index contributed by atoms with van der Waals surface area (Å²) in [5.41, 5.74) is 0. The fourth-order valence-electron chi connectivity index (χ4n) is 3.93. The van der Waals surface area contributed by atoms with E-state index in [0.717, 1.165) is 25.9 Å². The summed E-state index contributed by atoms with van der Waals surface area (Å²) in [6.07, 6.45) is 12.6. The van der Waals surface area contributed by atoms with Gasteiger partial charge in [-0.15, -0.1) is 0 Å². The molecule has 0 amide bonds. The van der Waals surface area contributed by atoms with Crippen molar-refractivity contribution in [2.75, 3.05) is 13.1 Å². The van der Waals surface area contributed by atoms with Crippen molar-refractivity contribution in [2.45, 2.75) is 64.2 Å². The maximum absolute atomic E-state index is 11.6. The highest BCUT2D eigenvalue weighted by Crippen LogP contribution is 2.33. The van der Waals surface area contributed by atoms with Crippen molar-refractivity contribution in [3.8, 4) is 0 Å². The molecule has 2 N–H and O–H groups in total. The van der Waals surface area contributed by atoms with Crippen LogP contribution in [0.15, 0.2) is 0 Å². The Kier molecular flexibility index (Phi) is 6.15. The Morgan fingerprint density at radius 2 is 1.21 bits per heavy atom. The summed E-state index contributed by atoms with van der Waals surface area (Å²) in [5.74, 6) is 0.0716. The summed E-state index contributed by atoms with van der Waals surface area (Å²) in [6, 6.07) is 0. The van der Waals surface area contributed by atoms with Crippen LogP contribution in [0.1, 0.15) is 64.2 Å². The van der Waals surface area contributed by atoms with Crippen LogP contribution in [0.5, 0.6) is 0 Å². The van der Waals surface area contributed by atoms with E-state index in [2.05, 4.69) is 5.32 Å². The number of carbonyl (C=O) groups is 1. The molecule has 3 atom stereocenters. The molecule has 19 heavy (non-hydrogen) atoms. The summed E-state index contributed by atoms with van der Waals surface area (Å²) in [6.45, 7) is 1.82. The SMILES string of the molecule is O=C(O)[C@H]1[C@@H]2CCCCCCCCCC[C@H]1CNC2. The fraction of sp³-hybridized carbons (Fsp3) is 0.938. The van der Waals surface area contributed by atoms with Crippen LogP contribution in [0.25, 0.3) is 0 Å². The van der Waals surface area contributed by atoms with Gasteiger partial charge in [0.15, 0.2) is 0 Å². The van der Waals surface area contributed by atoms with Gasteiger partial charge in [-0.25, -0.2) is 0 Å². The first kappa shape index (κ1) is 14.8. The Morgan fingerprint density at radius 1 is 0.789 bits per heavy atom. The zero-order chi connectivity index (χ0) is 13.5. The smallest absolute Gasteiger partial charge is 0.307 e. The van der Waals surface area contributed by atoms with Crippen molar-refractivity contribution in [1.82, 2.24) is 5.32 Å². The predicted octanol–water partition coefficient (Wildman–Crippen LogP) is 3.44. The van der Waals surface area contributed by atoms with Crippen LogP contribution in [-0.4, -0.2) is 24.2 Å². The van der Waals surface area contributed by atoms with Crippen molar-refractivity contribution in [1.29, 1.82) is 0 Å². The van der Waals surface area contributed by atoms with Crippen LogP contribution in [0.4, 0.5) is 0 Å². The monoisotopic (exact) mass is 267 g/mol. The molecule has 3 nitrogen and oxygen atoms in total. The molecule has 1 aliphatic heterocycles. The van der Waals surface area contributed by atoms with E-state index < -0.39 is 5.97 Å². The average molecular weight is 267 g/mol. The molecular formula is C16H29NO2. The molecule has 1 aliphatic carbocycles. The highest BCUT2D eigenvalue weighted by Gasteiger charge is 2.37. The number of hydrogen-bond acceptors (Lipinski definition) is 2. The second-order valence-corrected chi connectivity index (χ2v) is 6.45. The average Bonchev–Trinajstić information content (AvgIpc) is 2.40. The van der Waals surface area contributed by atoms with Crippen molar-refractivity contribution >= 4 is 5.97 Å². The summed E-state index contributed by atoms with van der Waals surface area (Å²) in [4.78, 5) is 11.6. The first-order chi connectivity index (χ1) is 9.29. The first-order valence-electron chi connectivity index (χ1n) is 8.22. The van der Waals surface area contributed by atoms with Crippen molar-refractivity contribution in [3.63, 3.8) is 0 Å². The van der Waals surface area contributed by atoms with Gasteiger partial charge in [0.2, 0.25) is 0 Å². The molecule has 2 rings (SSSR count). The molecule has 0 radical (unpaired) electrons. The van der Waals surface area contributed by atoms with Gasteiger partial charge in [0, 0.05) is 0 Å². The van der Waals surface area contributed by atoms with Crippen molar-refractivity contribution < 1.29 is 9.90 Å². The lowest BCUT2D eigenvalue weighted by molar-refractivity contribution is -0.147. The molecule has 2 aliphatic rings. The molecule has 1 heterocycles. The number of aliphatic carboxylic acids is 1. The summed E-state index contributed by atoms with van der Waals surface area (Å²) >= 11 is 0. The quantitative estimate of drug-likeness (QED) is 0.765. The van der Waals surface area contributed by atoms with E-state index in [9.17, 15) is 9.90 Å². The Labute approximate surface area is 117 Å². The van der Waals surface area contributed by atoms with E-state index in [1.54, 1.807) is 0 Å². The van der Waals surface area contributed by atoms with Gasteiger partial charge >= 0.3 is 5.97 Å². The number of carboxylic acids is 1. The number of rotatable bonds is 1. The third-order valence-corrected chi connectivity index (χ3v) is 5.01. The van der Waals surface area contributed by atoms with E-state index in [1.165, 1.54) is 51.4 Å². The Hall–Kier alpha value is -0.570. The molecule has 3 heteroatoms. The minimum absolute atomic E-state index is 0.0954. The fourth-order valence-corrected chi connectivity index (χ4v) is 3.93. The number of fused-ring (bicyclic) bond motifs is 2. The van der Waals surface area contributed by atoms with E-state index in [0.29, 0.717) is 11.8 Å². The first-order valence-corrected chi connectivity index (χ1v) is 8.22. The normalized spacial score (nSPS) is 34.6. The van der Waals surface area contributed by atoms with Crippen LogP contribution >= 0.6 is 0 Å². The molecule has 0 unspecified atom stereocenters. The Bertz CT molecular complexity index is 260. The summed E-state index contributed by atoms with van der Waals surface area (Å²) in [7, 11) is 0. The maximum atomic E-state index is 11.6. The molecule has 1 saturated carbocycles. The van der Waals surface area contributed by atoms with Crippen LogP contribution in [0, 0.1) is 17.8 Å². The van der Waals surface area contributed by atoms with E-state index in [-0.39, 0.29) is 5.92 Å². The van der Waals surface area contributed by atoms with Gasteiger partial charge in [-0.1, -0.05) is 51.4 Å².